The molecule has 1 aliphatic rings. The lowest BCUT2D eigenvalue weighted by Crippen LogP contribution is -2.24. The molecule has 2 aromatic carbocycles. The lowest BCUT2D eigenvalue weighted by molar-refractivity contribution is -0.144. The standard InChI is InChI=1S/C37H50O6/c1-26(2)6-5-7-29-10-14-32(15-11-29)34-18-20-35(21-19-34)33-16-12-30(13-17-33)8-9-31(24-42-36(40)27(3)22-38)25-43-37(41)28(4)23-39/h10-11,14-15,18-21,26,30-31,33,38-39H,3-9,12-13,16-17,22-25H2,1-2H3. The molecule has 0 bridgehead atoms. The van der Waals surface area contributed by atoms with Gasteiger partial charge < -0.3 is 19.7 Å². The fourth-order valence-corrected chi connectivity index (χ4v) is 5.72. The molecule has 2 N–H and O–H groups in total. The van der Waals surface area contributed by atoms with Gasteiger partial charge in [0.05, 0.1) is 37.6 Å². The van der Waals surface area contributed by atoms with Gasteiger partial charge in [-0.05, 0) is 91.4 Å². The van der Waals surface area contributed by atoms with Crippen LogP contribution < -0.4 is 0 Å². The molecule has 0 aromatic heterocycles. The smallest absolute Gasteiger partial charge is 0.335 e. The van der Waals surface area contributed by atoms with Gasteiger partial charge in [0.2, 0.25) is 0 Å². The second kappa shape index (κ2) is 17.8. The Bertz CT molecular complexity index is 1140. The van der Waals surface area contributed by atoms with Crippen molar-refractivity contribution >= 4 is 11.9 Å². The Labute approximate surface area is 257 Å². The Hall–Kier alpha value is -3.22. The topological polar surface area (TPSA) is 93.1 Å². The summed E-state index contributed by atoms with van der Waals surface area (Å²) in [6, 6.07) is 18.1. The minimum atomic E-state index is -0.653. The number of esters is 2. The molecular formula is C37H50O6. The van der Waals surface area contributed by atoms with Crippen molar-refractivity contribution in [1.29, 1.82) is 0 Å². The van der Waals surface area contributed by atoms with Crippen molar-refractivity contribution in [3.63, 3.8) is 0 Å². The van der Waals surface area contributed by atoms with E-state index in [0.29, 0.717) is 11.8 Å². The van der Waals surface area contributed by atoms with Crippen LogP contribution in [0.25, 0.3) is 11.1 Å². The monoisotopic (exact) mass is 590 g/mol. The van der Waals surface area contributed by atoms with Crippen LogP contribution >= 0.6 is 0 Å². The van der Waals surface area contributed by atoms with Gasteiger partial charge in [0.25, 0.3) is 0 Å². The molecule has 0 aliphatic heterocycles. The Kier molecular flexibility index (Phi) is 14.2. The molecule has 2 aromatic rings. The molecule has 1 saturated carbocycles. The highest BCUT2D eigenvalue weighted by molar-refractivity contribution is 5.88. The molecule has 0 spiro atoms. The Morgan fingerprint density at radius 1 is 0.791 bits per heavy atom. The molecule has 6 nitrogen and oxygen atoms in total. The first-order chi connectivity index (χ1) is 20.7. The van der Waals surface area contributed by atoms with Gasteiger partial charge >= 0.3 is 11.9 Å². The molecule has 234 valence electrons. The summed E-state index contributed by atoms with van der Waals surface area (Å²) in [6.45, 7) is 10.8. The molecule has 0 amide bonds. The number of hydrogen-bond donors (Lipinski definition) is 2. The molecule has 43 heavy (non-hydrogen) atoms. The fourth-order valence-electron chi connectivity index (χ4n) is 5.72. The predicted octanol–water partition coefficient (Wildman–Crippen LogP) is 7.19. The van der Waals surface area contributed by atoms with E-state index < -0.39 is 25.2 Å². The van der Waals surface area contributed by atoms with Crippen molar-refractivity contribution in [3.05, 3.63) is 84.0 Å². The zero-order chi connectivity index (χ0) is 31.2. The summed E-state index contributed by atoms with van der Waals surface area (Å²) in [5.74, 6) is 0.373. The highest BCUT2D eigenvalue weighted by Crippen LogP contribution is 2.38. The summed E-state index contributed by atoms with van der Waals surface area (Å²) in [5, 5.41) is 18.2. The van der Waals surface area contributed by atoms with Gasteiger partial charge in [0, 0.05) is 5.92 Å². The summed E-state index contributed by atoms with van der Waals surface area (Å²) in [7, 11) is 0. The van der Waals surface area contributed by atoms with E-state index in [4.69, 9.17) is 19.7 Å². The van der Waals surface area contributed by atoms with Crippen molar-refractivity contribution < 1.29 is 29.3 Å². The van der Waals surface area contributed by atoms with Crippen molar-refractivity contribution in [1.82, 2.24) is 0 Å². The van der Waals surface area contributed by atoms with Crippen LogP contribution in [0.2, 0.25) is 0 Å². The van der Waals surface area contributed by atoms with Gasteiger partial charge in [-0.3, -0.25) is 0 Å². The van der Waals surface area contributed by atoms with Crippen LogP contribution in [-0.2, 0) is 25.5 Å². The van der Waals surface area contributed by atoms with E-state index in [2.05, 4.69) is 75.5 Å². The number of aliphatic hydroxyl groups excluding tert-OH is 2. The number of aryl methyl sites for hydroxylation is 1. The molecule has 3 rings (SSSR count). The Morgan fingerprint density at radius 3 is 1.79 bits per heavy atom. The summed E-state index contributed by atoms with van der Waals surface area (Å²) in [6.07, 6.45) is 9.85. The van der Waals surface area contributed by atoms with Crippen molar-refractivity contribution in [3.8, 4) is 11.1 Å². The van der Waals surface area contributed by atoms with Gasteiger partial charge in [-0.2, -0.15) is 0 Å². The molecule has 1 aliphatic carbocycles. The van der Waals surface area contributed by atoms with E-state index >= 15 is 0 Å². The van der Waals surface area contributed by atoms with Crippen LogP contribution in [0.3, 0.4) is 0 Å². The normalized spacial score (nSPS) is 16.7. The minimum absolute atomic E-state index is 0.0128. The maximum Gasteiger partial charge on any atom is 0.335 e. The fraction of sp³-hybridized carbons (Fsp3) is 0.514. The van der Waals surface area contributed by atoms with Crippen LogP contribution in [0, 0.1) is 17.8 Å². The largest absolute Gasteiger partial charge is 0.462 e. The van der Waals surface area contributed by atoms with Crippen LogP contribution in [0.4, 0.5) is 0 Å². The predicted molar refractivity (Wildman–Crippen MR) is 171 cm³/mol. The van der Waals surface area contributed by atoms with Gasteiger partial charge in [-0.25, -0.2) is 9.59 Å². The van der Waals surface area contributed by atoms with E-state index in [9.17, 15) is 9.59 Å². The quantitative estimate of drug-likeness (QED) is 0.150. The van der Waals surface area contributed by atoms with Crippen LogP contribution in [0.1, 0.15) is 82.3 Å². The Balaban J connectivity index is 1.47. The number of carbonyl (C=O) groups is 2. The number of rotatable bonds is 17. The third-order valence-corrected chi connectivity index (χ3v) is 8.61. The SMILES string of the molecule is C=C(CO)C(=O)OCC(CCC1CCC(c2ccc(-c3ccc(CCCC(C)C)cc3)cc2)CC1)COC(=O)C(=C)CO. The van der Waals surface area contributed by atoms with Gasteiger partial charge in [0.1, 0.15) is 0 Å². The molecule has 6 heteroatoms. The van der Waals surface area contributed by atoms with Gasteiger partial charge in [-0.1, -0.05) is 82.0 Å². The lowest BCUT2D eigenvalue weighted by Gasteiger charge is -2.30. The maximum atomic E-state index is 12.0. The van der Waals surface area contributed by atoms with E-state index in [0.717, 1.165) is 50.9 Å². The average Bonchev–Trinajstić information content (AvgIpc) is 3.03. The van der Waals surface area contributed by atoms with Crippen molar-refractivity contribution in [2.24, 2.45) is 17.8 Å². The van der Waals surface area contributed by atoms with E-state index in [1.165, 1.54) is 35.1 Å². The first-order valence-corrected chi connectivity index (χ1v) is 15.8. The second-order valence-corrected chi connectivity index (χ2v) is 12.5. The lowest BCUT2D eigenvalue weighted by atomic mass is 9.76. The highest BCUT2D eigenvalue weighted by Gasteiger charge is 2.24. The van der Waals surface area contributed by atoms with E-state index in [1.54, 1.807) is 0 Å². The highest BCUT2D eigenvalue weighted by atomic mass is 16.5. The van der Waals surface area contributed by atoms with Crippen molar-refractivity contribution in [2.75, 3.05) is 26.4 Å². The van der Waals surface area contributed by atoms with Gasteiger partial charge in [0.15, 0.2) is 0 Å². The first kappa shape index (κ1) is 34.3. The summed E-state index contributed by atoms with van der Waals surface area (Å²) in [4.78, 5) is 24.0. The summed E-state index contributed by atoms with van der Waals surface area (Å²) < 4.78 is 10.6. The molecule has 0 saturated heterocycles. The number of carbonyl (C=O) groups excluding carboxylic acids is 2. The van der Waals surface area contributed by atoms with E-state index in [1.807, 2.05) is 0 Å². The van der Waals surface area contributed by atoms with Crippen LogP contribution in [0.15, 0.2) is 72.8 Å². The van der Waals surface area contributed by atoms with Crippen LogP contribution in [-0.4, -0.2) is 48.6 Å². The minimum Gasteiger partial charge on any atom is -0.462 e. The van der Waals surface area contributed by atoms with Gasteiger partial charge in [-0.15, -0.1) is 0 Å². The molecule has 1 fully saturated rings. The number of hydrogen-bond acceptors (Lipinski definition) is 6. The Morgan fingerprint density at radius 2 is 1.30 bits per heavy atom. The molecule has 0 heterocycles. The third kappa shape index (κ3) is 11.4. The molecule has 0 unspecified atom stereocenters. The number of benzene rings is 2. The summed E-state index contributed by atoms with van der Waals surface area (Å²) >= 11 is 0. The average molecular weight is 591 g/mol. The molecule has 0 atom stereocenters. The molecule has 0 radical (unpaired) electrons. The zero-order valence-electron chi connectivity index (χ0n) is 26.1. The molecular weight excluding hydrogens is 540 g/mol. The third-order valence-electron chi connectivity index (χ3n) is 8.61. The maximum absolute atomic E-state index is 12.0. The zero-order valence-corrected chi connectivity index (χ0v) is 26.1. The number of aliphatic hydroxyl groups is 2. The summed E-state index contributed by atoms with van der Waals surface area (Å²) in [5.41, 5.74) is 5.30. The first-order valence-electron chi connectivity index (χ1n) is 15.8. The number of ether oxygens (including phenoxy) is 2. The van der Waals surface area contributed by atoms with E-state index in [-0.39, 0.29) is 30.3 Å². The second-order valence-electron chi connectivity index (χ2n) is 12.5. The van der Waals surface area contributed by atoms with Crippen molar-refractivity contribution in [2.45, 2.75) is 77.6 Å². The van der Waals surface area contributed by atoms with Crippen LogP contribution in [0.5, 0.6) is 0 Å².